The highest BCUT2D eigenvalue weighted by Crippen LogP contribution is 2.28. The Kier molecular flexibility index (Phi) is 12.0. The second kappa shape index (κ2) is 14.0. The molecule has 1 fully saturated rings. The molecule has 2 rings (SSSR count). The Morgan fingerprint density at radius 2 is 2.07 bits per heavy atom. The monoisotopic (exact) mass is 528 g/mol. The number of benzene rings is 1. The molecule has 1 saturated heterocycles. The molecular weight excluding hydrogens is 495 g/mol. The number of carbonyl (C=O) groups is 1. The first-order chi connectivity index (χ1) is 14.1. The zero-order valence-electron chi connectivity index (χ0n) is 18.1. The quantitative estimate of drug-likeness (QED) is 0.235. The molecule has 7 nitrogen and oxygen atoms in total. The lowest BCUT2D eigenvalue weighted by atomic mass is 9.93. The van der Waals surface area contributed by atoms with Gasteiger partial charge in [0.05, 0.1) is 13.7 Å². The van der Waals surface area contributed by atoms with Gasteiger partial charge < -0.3 is 25.0 Å². The molecule has 0 atom stereocenters. The Hall–Kier alpha value is -2.15. The average Bonchev–Trinajstić information content (AvgIpc) is 2.75. The summed E-state index contributed by atoms with van der Waals surface area (Å²) in [6.07, 6.45) is 7.87. The van der Waals surface area contributed by atoms with Gasteiger partial charge in [0.25, 0.3) is 0 Å². The Bertz CT molecular complexity index is 740. The number of piperidine rings is 1. The number of nitrogens with zero attached hydrogens (tertiary/aromatic N) is 2. The lowest BCUT2D eigenvalue weighted by Gasteiger charge is -2.34. The van der Waals surface area contributed by atoms with Gasteiger partial charge in [-0.05, 0) is 43.4 Å². The van der Waals surface area contributed by atoms with Gasteiger partial charge in [-0.3, -0.25) is 4.79 Å². The number of ether oxygens (including phenoxy) is 2. The summed E-state index contributed by atoms with van der Waals surface area (Å²) in [5, 5.41) is 6.09. The summed E-state index contributed by atoms with van der Waals surface area (Å²) >= 11 is 0. The minimum atomic E-state index is 0. The van der Waals surface area contributed by atoms with Crippen molar-refractivity contribution in [3.05, 3.63) is 23.8 Å². The number of methoxy groups -OCH3 is 1. The second-order valence-electron chi connectivity index (χ2n) is 6.96. The fraction of sp³-hybridized carbons (Fsp3) is 0.545. The van der Waals surface area contributed by atoms with Crippen molar-refractivity contribution in [1.29, 1.82) is 0 Å². The predicted octanol–water partition coefficient (Wildman–Crippen LogP) is 2.64. The molecule has 0 aromatic heterocycles. The number of terminal acetylenes is 1. The van der Waals surface area contributed by atoms with Crippen LogP contribution in [0.1, 0.15) is 31.7 Å². The molecule has 2 N–H and O–H groups in total. The van der Waals surface area contributed by atoms with E-state index in [1.165, 1.54) is 0 Å². The first-order valence-corrected chi connectivity index (χ1v) is 10.1. The number of aliphatic imine (C=N–C) groups is 1. The standard InChI is InChI=1S/C22H32N4O3.HI/c1-5-13-29-20-14-18(7-8-19(20)28-4)16-25-22(24-6-2)26-11-9-17(10-12-26)15-21(27)23-3;/h1,7-8,14,17H,6,9-13,15-16H2,2-4H3,(H,23,27)(H,24,25);1H. The maximum Gasteiger partial charge on any atom is 0.220 e. The van der Waals surface area contributed by atoms with Gasteiger partial charge >= 0.3 is 0 Å². The van der Waals surface area contributed by atoms with Crippen LogP contribution in [0, 0.1) is 18.3 Å². The van der Waals surface area contributed by atoms with Crippen molar-refractivity contribution >= 4 is 35.8 Å². The van der Waals surface area contributed by atoms with Gasteiger partial charge in [-0.1, -0.05) is 12.0 Å². The third-order valence-electron chi connectivity index (χ3n) is 4.95. The number of carbonyl (C=O) groups excluding carboxylic acids is 1. The van der Waals surface area contributed by atoms with Gasteiger partial charge in [0.15, 0.2) is 17.5 Å². The molecule has 0 unspecified atom stereocenters. The molecule has 1 amide bonds. The van der Waals surface area contributed by atoms with Crippen LogP contribution in [-0.4, -0.2) is 57.2 Å². The largest absolute Gasteiger partial charge is 0.493 e. The molecule has 0 aliphatic carbocycles. The van der Waals surface area contributed by atoms with Crippen LogP contribution in [0.4, 0.5) is 0 Å². The van der Waals surface area contributed by atoms with Crippen molar-refractivity contribution in [2.24, 2.45) is 10.9 Å². The van der Waals surface area contributed by atoms with Crippen LogP contribution in [0.3, 0.4) is 0 Å². The van der Waals surface area contributed by atoms with Crippen LogP contribution < -0.4 is 20.1 Å². The molecule has 0 spiro atoms. The number of guanidine groups is 1. The maximum atomic E-state index is 11.6. The van der Waals surface area contributed by atoms with E-state index in [1.807, 2.05) is 18.2 Å². The van der Waals surface area contributed by atoms with Crippen molar-refractivity contribution in [3.8, 4) is 23.8 Å². The van der Waals surface area contributed by atoms with Gasteiger partial charge in [-0.25, -0.2) is 4.99 Å². The molecule has 30 heavy (non-hydrogen) atoms. The first kappa shape index (κ1) is 25.9. The SMILES string of the molecule is C#CCOc1cc(CN=C(NCC)N2CCC(CC(=O)NC)CC2)ccc1OC.I. The van der Waals surface area contributed by atoms with Crippen LogP contribution in [0.2, 0.25) is 0 Å². The number of hydrogen-bond donors (Lipinski definition) is 2. The third-order valence-corrected chi connectivity index (χ3v) is 4.95. The van der Waals surface area contributed by atoms with E-state index in [0.717, 1.165) is 44.0 Å². The molecule has 0 radical (unpaired) electrons. The summed E-state index contributed by atoms with van der Waals surface area (Å²) in [5.74, 6) is 5.19. The lowest BCUT2D eigenvalue weighted by Crippen LogP contribution is -2.46. The van der Waals surface area contributed by atoms with Gasteiger partial charge in [-0.15, -0.1) is 30.4 Å². The maximum absolute atomic E-state index is 11.6. The first-order valence-electron chi connectivity index (χ1n) is 10.1. The lowest BCUT2D eigenvalue weighted by molar-refractivity contribution is -0.121. The molecule has 166 valence electrons. The van der Waals surface area contributed by atoms with E-state index in [9.17, 15) is 4.79 Å². The van der Waals surface area contributed by atoms with E-state index in [4.69, 9.17) is 20.9 Å². The fourth-order valence-corrected chi connectivity index (χ4v) is 3.36. The molecule has 0 bridgehead atoms. The summed E-state index contributed by atoms with van der Waals surface area (Å²) in [6, 6.07) is 5.76. The molecule has 1 aliphatic rings. The van der Waals surface area contributed by atoms with Crippen molar-refractivity contribution in [3.63, 3.8) is 0 Å². The van der Waals surface area contributed by atoms with Crippen molar-refractivity contribution in [2.45, 2.75) is 32.7 Å². The van der Waals surface area contributed by atoms with E-state index < -0.39 is 0 Å². The molecule has 1 aromatic carbocycles. The summed E-state index contributed by atoms with van der Waals surface area (Å²) in [4.78, 5) is 18.7. The van der Waals surface area contributed by atoms with E-state index in [0.29, 0.717) is 30.4 Å². The molecule has 1 aliphatic heterocycles. The highest BCUT2D eigenvalue weighted by atomic mass is 127. The number of nitrogens with one attached hydrogen (secondary N) is 2. The predicted molar refractivity (Wildman–Crippen MR) is 131 cm³/mol. The van der Waals surface area contributed by atoms with Crippen LogP contribution >= 0.6 is 24.0 Å². The summed E-state index contributed by atoms with van der Waals surface area (Å²) in [7, 11) is 3.29. The Labute approximate surface area is 197 Å². The number of halogens is 1. The third kappa shape index (κ3) is 7.94. The normalized spacial score (nSPS) is 14.3. The molecule has 1 heterocycles. The molecule has 0 saturated carbocycles. The molecule has 8 heteroatoms. The minimum absolute atomic E-state index is 0. The summed E-state index contributed by atoms with van der Waals surface area (Å²) in [5.41, 5.74) is 1.02. The van der Waals surface area contributed by atoms with Gasteiger partial charge in [-0.2, -0.15) is 0 Å². The molecule has 1 aromatic rings. The van der Waals surface area contributed by atoms with Crippen molar-refractivity contribution < 1.29 is 14.3 Å². The van der Waals surface area contributed by atoms with E-state index >= 15 is 0 Å². The fourth-order valence-electron chi connectivity index (χ4n) is 3.36. The van der Waals surface area contributed by atoms with Crippen molar-refractivity contribution in [1.82, 2.24) is 15.5 Å². The Morgan fingerprint density at radius 3 is 2.67 bits per heavy atom. The Balaban J connectivity index is 0.00000450. The van der Waals surface area contributed by atoms with Crippen LogP contribution in [0.5, 0.6) is 11.5 Å². The van der Waals surface area contributed by atoms with E-state index in [1.54, 1.807) is 14.2 Å². The second-order valence-corrected chi connectivity index (χ2v) is 6.96. The Morgan fingerprint density at radius 1 is 1.33 bits per heavy atom. The zero-order valence-corrected chi connectivity index (χ0v) is 20.4. The van der Waals surface area contributed by atoms with Crippen LogP contribution in [0.25, 0.3) is 0 Å². The summed E-state index contributed by atoms with van der Waals surface area (Å²) in [6.45, 7) is 5.37. The number of rotatable bonds is 8. The number of amides is 1. The molecular formula is C22H33IN4O3. The number of hydrogen-bond acceptors (Lipinski definition) is 4. The van der Waals surface area contributed by atoms with Crippen LogP contribution in [0.15, 0.2) is 23.2 Å². The summed E-state index contributed by atoms with van der Waals surface area (Å²) < 4.78 is 10.9. The van der Waals surface area contributed by atoms with Gasteiger partial charge in [0, 0.05) is 33.1 Å². The van der Waals surface area contributed by atoms with E-state index in [-0.39, 0.29) is 36.5 Å². The highest BCUT2D eigenvalue weighted by molar-refractivity contribution is 14.0. The van der Waals surface area contributed by atoms with Gasteiger partial charge in [0.2, 0.25) is 5.91 Å². The van der Waals surface area contributed by atoms with E-state index in [2.05, 4.69) is 28.4 Å². The van der Waals surface area contributed by atoms with Gasteiger partial charge in [0.1, 0.15) is 6.61 Å². The van der Waals surface area contributed by atoms with Crippen molar-refractivity contribution in [2.75, 3.05) is 40.4 Å². The number of likely N-dealkylation sites (tertiary alicyclic amines) is 1. The topological polar surface area (TPSA) is 75.2 Å². The minimum Gasteiger partial charge on any atom is -0.493 e. The zero-order chi connectivity index (χ0) is 21.1. The average molecular weight is 528 g/mol. The highest BCUT2D eigenvalue weighted by Gasteiger charge is 2.23. The van der Waals surface area contributed by atoms with Crippen LogP contribution in [-0.2, 0) is 11.3 Å². The smallest absolute Gasteiger partial charge is 0.220 e.